The molecule has 0 unspecified atom stereocenters. The SMILES string of the molecule is CC(C)c1noc(CN2CCN(CC(=O)N3N=C(c4cccs4)C[C@@H]3c3ccco3)CC2)n1. The first kappa shape index (κ1) is 22.0. The van der Waals surface area contributed by atoms with E-state index in [1.165, 1.54) is 0 Å². The zero-order chi connectivity index (χ0) is 22.8. The lowest BCUT2D eigenvalue weighted by atomic mass is 10.1. The highest BCUT2D eigenvalue weighted by Crippen LogP contribution is 2.34. The van der Waals surface area contributed by atoms with Gasteiger partial charge in [-0.1, -0.05) is 25.1 Å². The Hall–Kier alpha value is -2.82. The minimum atomic E-state index is -0.196. The van der Waals surface area contributed by atoms with Gasteiger partial charge in [-0.15, -0.1) is 11.3 Å². The molecule has 1 saturated heterocycles. The molecule has 1 amide bonds. The molecule has 0 N–H and O–H groups in total. The Bertz CT molecular complexity index is 1080. The molecule has 33 heavy (non-hydrogen) atoms. The molecule has 5 heterocycles. The molecule has 0 aliphatic carbocycles. The first-order valence-electron chi connectivity index (χ1n) is 11.3. The van der Waals surface area contributed by atoms with Crippen LogP contribution in [0.5, 0.6) is 0 Å². The summed E-state index contributed by atoms with van der Waals surface area (Å²) in [4.78, 5) is 23.3. The van der Waals surface area contributed by atoms with Gasteiger partial charge in [0.15, 0.2) is 5.82 Å². The van der Waals surface area contributed by atoms with Crippen molar-refractivity contribution in [3.8, 4) is 0 Å². The number of carbonyl (C=O) groups is 1. The summed E-state index contributed by atoms with van der Waals surface area (Å²) in [5, 5.41) is 12.4. The van der Waals surface area contributed by atoms with Crippen molar-refractivity contribution in [3.05, 3.63) is 58.3 Å². The Morgan fingerprint density at radius 1 is 1.18 bits per heavy atom. The van der Waals surface area contributed by atoms with Gasteiger partial charge in [-0.2, -0.15) is 10.1 Å². The zero-order valence-corrected chi connectivity index (χ0v) is 19.7. The monoisotopic (exact) mass is 468 g/mol. The summed E-state index contributed by atoms with van der Waals surface area (Å²) < 4.78 is 11.0. The molecule has 1 atom stereocenters. The Kier molecular flexibility index (Phi) is 6.39. The van der Waals surface area contributed by atoms with E-state index in [-0.39, 0.29) is 17.9 Å². The van der Waals surface area contributed by atoms with E-state index in [1.54, 1.807) is 22.6 Å². The molecule has 0 aromatic carbocycles. The van der Waals surface area contributed by atoms with Crippen molar-refractivity contribution >= 4 is 23.0 Å². The predicted octanol–water partition coefficient (Wildman–Crippen LogP) is 3.34. The molecule has 1 fully saturated rings. The molecule has 9 nitrogen and oxygen atoms in total. The first-order valence-corrected chi connectivity index (χ1v) is 12.2. The van der Waals surface area contributed by atoms with Gasteiger partial charge in [0.25, 0.3) is 5.91 Å². The number of hydrogen-bond donors (Lipinski definition) is 0. The molecule has 174 valence electrons. The maximum atomic E-state index is 13.3. The highest BCUT2D eigenvalue weighted by Gasteiger charge is 2.36. The number of nitrogens with zero attached hydrogens (tertiary/aromatic N) is 6. The highest BCUT2D eigenvalue weighted by molar-refractivity contribution is 7.12. The van der Waals surface area contributed by atoms with Crippen molar-refractivity contribution in [1.29, 1.82) is 0 Å². The Balaban J connectivity index is 1.19. The van der Waals surface area contributed by atoms with Gasteiger partial charge in [0.1, 0.15) is 11.8 Å². The standard InChI is InChI=1S/C23H28N6O3S/c1-16(2)23-24-21(32-26-23)14-27-7-9-28(10-8-27)15-22(30)29-18(19-5-3-11-31-19)13-17(25-29)20-6-4-12-33-20/h3-6,11-12,16,18H,7-10,13-15H2,1-2H3/t18-/m1/s1. The topological polar surface area (TPSA) is 91.2 Å². The van der Waals surface area contributed by atoms with E-state index in [1.807, 2.05) is 29.6 Å². The third kappa shape index (κ3) is 4.92. The molecular formula is C23H28N6O3S. The van der Waals surface area contributed by atoms with Crippen molar-refractivity contribution in [2.24, 2.45) is 5.10 Å². The summed E-state index contributed by atoms with van der Waals surface area (Å²) >= 11 is 1.64. The van der Waals surface area contributed by atoms with E-state index >= 15 is 0 Å². The summed E-state index contributed by atoms with van der Waals surface area (Å²) in [5.74, 6) is 2.41. The van der Waals surface area contributed by atoms with Crippen LogP contribution in [-0.2, 0) is 11.3 Å². The number of aromatic nitrogens is 2. The molecule has 0 bridgehead atoms. The summed E-state index contributed by atoms with van der Waals surface area (Å²) in [5.41, 5.74) is 0.935. The van der Waals surface area contributed by atoms with Crippen molar-refractivity contribution in [3.63, 3.8) is 0 Å². The number of hydrazone groups is 1. The molecule has 3 aromatic rings. The molecule has 5 rings (SSSR count). The van der Waals surface area contributed by atoms with Crippen molar-refractivity contribution in [2.75, 3.05) is 32.7 Å². The van der Waals surface area contributed by atoms with Gasteiger partial charge in [0.2, 0.25) is 5.89 Å². The van der Waals surface area contributed by atoms with Crippen molar-refractivity contribution < 1.29 is 13.7 Å². The molecule has 10 heteroatoms. The molecule has 0 spiro atoms. The average molecular weight is 469 g/mol. The van der Waals surface area contributed by atoms with Gasteiger partial charge < -0.3 is 8.94 Å². The second-order valence-electron chi connectivity index (χ2n) is 8.75. The first-order chi connectivity index (χ1) is 16.1. The molecule has 2 aliphatic rings. The lowest BCUT2D eigenvalue weighted by Gasteiger charge is -2.34. The summed E-state index contributed by atoms with van der Waals surface area (Å²) in [7, 11) is 0. The van der Waals surface area contributed by atoms with E-state index in [4.69, 9.17) is 14.0 Å². The second kappa shape index (κ2) is 9.58. The second-order valence-corrected chi connectivity index (χ2v) is 9.70. The van der Waals surface area contributed by atoms with Crippen LogP contribution in [0.1, 0.15) is 54.6 Å². The van der Waals surface area contributed by atoms with Crippen LogP contribution in [0.2, 0.25) is 0 Å². The van der Waals surface area contributed by atoms with Crippen LogP contribution >= 0.6 is 11.3 Å². The van der Waals surface area contributed by atoms with Crippen LogP contribution < -0.4 is 0 Å². The van der Waals surface area contributed by atoms with Crippen LogP contribution in [0.3, 0.4) is 0 Å². The number of furan rings is 1. The highest BCUT2D eigenvalue weighted by atomic mass is 32.1. The normalized spacial score (nSPS) is 20.0. The Morgan fingerprint density at radius 2 is 2.00 bits per heavy atom. The number of rotatable bonds is 7. The summed E-state index contributed by atoms with van der Waals surface area (Å²) in [6, 6.07) is 7.63. The molecule has 3 aromatic heterocycles. The lowest BCUT2D eigenvalue weighted by Crippen LogP contribution is -2.49. The van der Waals surface area contributed by atoms with E-state index in [2.05, 4.69) is 33.8 Å². The van der Waals surface area contributed by atoms with Gasteiger partial charge in [-0.3, -0.25) is 14.6 Å². The number of hydrogen-bond acceptors (Lipinski definition) is 9. The third-order valence-corrected chi connectivity index (χ3v) is 6.94. The quantitative estimate of drug-likeness (QED) is 0.525. The van der Waals surface area contributed by atoms with Crippen LogP contribution in [0, 0.1) is 0 Å². The minimum Gasteiger partial charge on any atom is -0.467 e. The molecular weight excluding hydrogens is 440 g/mol. The summed E-state index contributed by atoms with van der Waals surface area (Å²) in [6.07, 6.45) is 2.31. The maximum Gasteiger partial charge on any atom is 0.257 e. The van der Waals surface area contributed by atoms with Gasteiger partial charge in [-0.05, 0) is 23.6 Å². The van der Waals surface area contributed by atoms with Crippen molar-refractivity contribution in [1.82, 2.24) is 24.9 Å². The average Bonchev–Trinajstić information content (AvgIpc) is 3.61. The number of piperazine rings is 1. The fourth-order valence-corrected chi connectivity index (χ4v) is 4.88. The van der Waals surface area contributed by atoms with Gasteiger partial charge >= 0.3 is 0 Å². The number of amides is 1. The third-order valence-electron chi connectivity index (χ3n) is 6.03. The van der Waals surface area contributed by atoms with Gasteiger partial charge in [-0.25, -0.2) is 5.01 Å². The predicted molar refractivity (Wildman–Crippen MR) is 124 cm³/mol. The van der Waals surface area contributed by atoms with E-state index in [9.17, 15) is 4.79 Å². The molecule has 0 radical (unpaired) electrons. The van der Waals surface area contributed by atoms with E-state index in [0.29, 0.717) is 25.4 Å². The van der Waals surface area contributed by atoms with Crippen LogP contribution in [-0.4, -0.2) is 69.3 Å². The smallest absolute Gasteiger partial charge is 0.257 e. The van der Waals surface area contributed by atoms with Crippen LogP contribution in [0.4, 0.5) is 0 Å². The van der Waals surface area contributed by atoms with E-state index in [0.717, 1.165) is 48.4 Å². The largest absolute Gasteiger partial charge is 0.467 e. The van der Waals surface area contributed by atoms with Gasteiger partial charge in [0.05, 0.1) is 29.9 Å². The minimum absolute atomic E-state index is 0.00474. The maximum absolute atomic E-state index is 13.3. The number of carbonyl (C=O) groups excluding carboxylic acids is 1. The van der Waals surface area contributed by atoms with Crippen LogP contribution in [0.25, 0.3) is 0 Å². The fourth-order valence-electron chi connectivity index (χ4n) is 4.16. The molecule has 0 saturated carbocycles. The summed E-state index contributed by atoms with van der Waals surface area (Å²) in [6.45, 7) is 8.38. The van der Waals surface area contributed by atoms with E-state index < -0.39 is 0 Å². The number of thiophene rings is 1. The molecule has 2 aliphatic heterocycles. The zero-order valence-electron chi connectivity index (χ0n) is 18.9. The lowest BCUT2D eigenvalue weighted by molar-refractivity contribution is -0.135. The van der Waals surface area contributed by atoms with Crippen LogP contribution in [0.15, 0.2) is 50.0 Å². The fraction of sp³-hybridized carbons (Fsp3) is 0.478. The Morgan fingerprint density at radius 3 is 2.67 bits per heavy atom. The van der Waals surface area contributed by atoms with Crippen molar-refractivity contribution in [2.45, 2.75) is 38.8 Å². The Labute approximate surface area is 196 Å². The van der Waals surface area contributed by atoms with Gasteiger partial charge in [0, 0.05) is 38.5 Å².